The first-order chi connectivity index (χ1) is 10.8. The van der Waals surface area contributed by atoms with Crippen LogP contribution in [0, 0.1) is 0 Å². The topological polar surface area (TPSA) is 83.4 Å². The van der Waals surface area contributed by atoms with Gasteiger partial charge in [-0.3, -0.25) is 9.69 Å². The molecule has 0 radical (unpaired) electrons. The fourth-order valence-corrected chi connectivity index (χ4v) is 3.72. The molecule has 0 aliphatic carbocycles. The molecule has 130 valence electrons. The molecule has 2 N–H and O–H groups in total. The van der Waals surface area contributed by atoms with Crippen molar-refractivity contribution in [2.45, 2.75) is 37.1 Å². The first kappa shape index (κ1) is 18.0. The first-order valence-electron chi connectivity index (χ1n) is 7.97. The predicted octanol–water partition coefficient (Wildman–Crippen LogP) is 0.537. The van der Waals surface area contributed by atoms with Gasteiger partial charge in [-0.1, -0.05) is 6.42 Å². The SMILES string of the molecule is CNS(=O)(=O)c1cc(C(=O)NCCN2CCCCC2C)n(C)c1. The lowest BCUT2D eigenvalue weighted by molar-refractivity contribution is 0.0930. The monoisotopic (exact) mass is 342 g/mol. The Balaban J connectivity index is 1.93. The summed E-state index contributed by atoms with van der Waals surface area (Å²) in [4.78, 5) is 14.7. The van der Waals surface area contributed by atoms with Gasteiger partial charge in [0.25, 0.3) is 5.91 Å². The van der Waals surface area contributed by atoms with Crippen molar-refractivity contribution in [1.82, 2.24) is 19.5 Å². The molecule has 1 aromatic rings. The maximum atomic E-state index is 12.3. The van der Waals surface area contributed by atoms with Crippen molar-refractivity contribution >= 4 is 15.9 Å². The quantitative estimate of drug-likeness (QED) is 0.790. The third kappa shape index (κ3) is 4.33. The molecule has 1 amide bonds. The van der Waals surface area contributed by atoms with Gasteiger partial charge in [0.15, 0.2) is 0 Å². The Morgan fingerprint density at radius 2 is 2.13 bits per heavy atom. The number of nitrogens with one attached hydrogen (secondary N) is 2. The van der Waals surface area contributed by atoms with Crippen LogP contribution in [0.3, 0.4) is 0 Å². The van der Waals surface area contributed by atoms with E-state index in [2.05, 4.69) is 21.9 Å². The number of aromatic nitrogens is 1. The summed E-state index contributed by atoms with van der Waals surface area (Å²) < 4.78 is 27.3. The molecule has 1 saturated heterocycles. The fraction of sp³-hybridized carbons (Fsp3) is 0.667. The summed E-state index contributed by atoms with van der Waals surface area (Å²) in [6.45, 7) is 4.67. The number of hydrogen-bond acceptors (Lipinski definition) is 4. The number of aryl methyl sites for hydroxylation is 1. The molecule has 0 bridgehead atoms. The Kier molecular flexibility index (Phi) is 5.83. The van der Waals surface area contributed by atoms with Crippen molar-refractivity contribution in [3.63, 3.8) is 0 Å². The van der Waals surface area contributed by atoms with E-state index in [1.165, 1.54) is 43.1 Å². The summed E-state index contributed by atoms with van der Waals surface area (Å²) in [5.41, 5.74) is 0.338. The lowest BCUT2D eigenvalue weighted by Gasteiger charge is -2.33. The molecule has 1 aliphatic heterocycles. The maximum absolute atomic E-state index is 12.3. The highest BCUT2D eigenvalue weighted by atomic mass is 32.2. The zero-order valence-corrected chi connectivity index (χ0v) is 14.8. The zero-order valence-electron chi connectivity index (χ0n) is 14.0. The summed E-state index contributed by atoms with van der Waals surface area (Å²) in [5.74, 6) is -0.255. The van der Waals surface area contributed by atoms with Crippen LogP contribution in [0.1, 0.15) is 36.7 Å². The van der Waals surface area contributed by atoms with Crippen LogP contribution in [0.5, 0.6) is 0 Å². The molecule has 1 atom stereocenters. The summed E-state index contributed by atoms with van der Waals surface area (Å²) in [6, 6.07) is 1.95. The smallest absolute Gasteiger partial charge is 0.267 e. The highest BCUT2D eigenvalue weighted by molar-refractivity contribution is 7.89. The predicted molar refractivity (Wildman–Crippen MR) is 88.9 cm³/mol. The fourth-order valence-electron chi connectivity index (χ4n) is 2.92. The average molecular weight is 342 g/mol. The van der Waals surface area contributed by atoms with E-state index >= 15 is 0 Å². The van der Waals surface area contributed by atoms with Gasteiger partial charge >= 0.3 is 0 Å². The Morgan fingerprint density at radius 1 is 1.39 bits per heavy atom. The lowest BCUT2D eigenvalue weighted by atomic mass is 10.0. The molecule has 23 heavy (non-hydrogen) atoms. The molecule has 1 aliphatic rings. The number of nitrogens with zero attached hydrogens (tertiary/aromatic N) is 2. The highest BCUT2D eigenvalue weighted by Crippen LogP contribution is 2.15. The number of rotatable bonds is 6. The molecule has 0 aromatic carbocycles. The number of piperidine rings is 1. The number of sulfonamides is 1. The standard InChI is InChI=1S/C15H26N4O3S/c1-12-6-4-5-8-19(12)9-7-17-15(20)14-10-13(11-18(14)3)23(21,22)16-2/h10-12,16H,4-9H2,1-3H3,(H,17,20). The molecule has 8 heteroatoms. The van der Waals surface area contributed by atoms with Gasteiger partial charge in [-0.05, 0) is 39.4 Å². The zero-order chi connectivity index (χ0) is 17.0. The van der Waals surface area contributed by atoms with E-state index in [1.807, 2.05) is 0 Å². The van der Waals surface area contributed by atoms with Gasteiger partial charge in [0.2, 0.25) is 10.0 Å². The van der Waals surface area contributed by atoms with E-state index in [4.69, 9.17) is 0 Å². The van der Waals surface area contributed by atoms with Crippen LogP contribution < -0.4 is 10.0 Å². The summed E-state index contributed by atoms with van der Waals surface area (Å²) in [6.07, 6.45) is 5.13. The van der Waals surface area contributed by atoms with Crippen LogP contribution in [0.25, 0.3) is 0 Å². The highest BCUT2D eigenvalue weighted by Gasteiger charge is 2.20. The molecule has 1 fully saturated rings. The molecule has 2 rings (SSSR count). The number of likely N-dealkylation sites (tertiary alicyclic amines) is 1. The van der Waals surface area contributed by atoms with E-state index in [-0.39, 0.29) is 10.8 Å². The van der Waals surface area contributed by atoms with Crippen molar-refractivity contribution < 1.29 is 13.2 Å². The van der Waals surface area contributed by atoms with Crippen LogP contribution in [-0.2, 0) is 17.1 Å². The van der Waals surface area contributed by atoms with E-state index < -0.39 is 10.0 Å². The summed E-state index contributed by atoms with van der Waals surface area (Å²) in [7, 11) is -0.525. The van der Waals surface area contributed by atoms with E-state index in [0.717, 1.165) is 13.1 Å². The van der Waals surface area contributed by atoms with Crippen LogP contribution in [0.2, 0.25) is 0 Å². The molecule has 1 unspecified atom stereocenters. The molecule has 2 heterocycles. The Bertz CT molecular complexity index is 654. The van der Waals surface area contributed by atoms with Gasteiger partial charge in [-0.2, -0.15) is 0 Å². The average Bonchev–Trinajstić information content (AvgIpc) is 2.92. The van der Waals surface area contributed by atoms with E-state index in [0.29, 0.717) is 18.3 Å². The van der Waals surface area contributed by atoms with Crippen molar-refractivity contribution in [2.75, 3.05) is 26.7 Å². The molecule has 7 nitrogen and oxygen atoms in total. The largest absolute Gasteiger partial charge is 0.349 e. The molecular weight excluding hydrogens is 316 g/mol. The van der Waals surface area contributed by atoms with Crippen molar-refractivity contribution in [3.8, 4) is 0 Å². The van der Waals surface area contributed by atoms with Gasteiger partial charge in [-0.15, -0.1) is 0 Å². The van der Waals surface area contributed by atoms with Gasteiger partial charge < -0.3 is 9.88 Å². The van der Waals surface area contributed by atoms with Crippen molar-refractivity contribution in [1.29, 1.82) is 0 Å². The van der Waals surface area contributed by atoms with Crippen molar-refractivity contribution in [3.05, 3.63) is 18.0 Å². The molecule has 0 spiro atoms. The Labute approximate surface area is 138 Å². The van der Waals surface area contributed by atoms with E-state index in [9.17, 15) is 13.2 Å². The van der Waals surface area contributed by atoms with Crippen LogP contribution in [-0.4, -0.2) is 56.5 Å². The second-order valence-corrected chi connectivity index (χ2v) is 7.90. The normalized spacial score (nSPS) is 19.7. The number of carbonyl (C=O) groups is 1. The number of amides is 1. The van der Waals surface area contributed by atoms with Gasteiger partial charge in [0.05, 0.1) is 0 Å². The minimum atomic E-state index is -3.54. The third-order valence-corrected chi connectivity index (χ3v) is 5.80. The van der Waals surface area contributed by atoms with Gasteiger partial charge in [0.1, 0.15) is 10.6 Å². The minimum Gasteiger partial charge on any atom is -0.349 e. The minimum absolute atomic E-state index is 0.0947. The molecular formula is C15H26N4O3S. The lowest BCUT2D eigenvalue weighted by Crippen LogP contribution is -2.42. The first-order valence-corrected chi connectivity index (χ1v) is 9.45. The van der Waals surface area contributed by atoms with Gasteiger partial charge in [0, 0.05) is 32.4 Å². The summed E-state index contributed by atoms with van der Waals surface area (Å²) >= 11 is 0. The van der Waals surface area contributed by atoms with Crippen LogP contribution in [0.4, 0.5) is 0 Å². The van der Waals surface area contributed by atoms with Crippen LogP contribution in [0.15, 0.2) is 17.2 Å². The Morgan fingerprint density at radius 3 is 2.78 bits per heavy atom. The second kappa shape index (κ2) is 7.46. The Hall–Kier alpha value is -1.38. The number of carbonyl (C=O) groups excluding carboxylic acids is 1. The van der Waals surface area contributed by atoms with Gasteiger partial charge in [-0.25, -0.2) is 13.1 Å². The molecule has 1 aromatic heterocycles. The second-order valence-electron chi connectivity index (χ2n) is 6.02. The third-order valence-electron chi connectivity index (χ3n) is 4.42. The number of hydrogen-bond donors (Lipinski definition) is 2. The van der Waals surface area contributed by atoms with Crippen LogP contribution >= 0.6 is 0 Å². The van der Waals surface area contributed by atoms with Crippen molar-refractivity contribution in [2.24, 2.45) is 7.05 Å². The van der Waals surface area contributed by atoms with E-state index in [1.54, 1.807) is 7.05 Å². The maximum Gasteiger partial charge on any atom is 0.267 e. The molecule has 0 saturated carbocycles. The summed E-state index contributed by atoms with van der Waals surface area (Å²) in [5, 5.41) is 2.87.